The van der Waals surface area contributed by atoms with Crippen LogP contribution in [0.15, 0.2) is 5.16 Å². The summed E-state index contributed by atoms with van der Waals surface area (Å²) >= 11 is 1.40. The van der Waals surface area contributed by atoms with Crippen molar-refractivity contribution in [2.75, 3.05) is 6.54 Å². The van der Waals surface area contributed by atoms with Crippen LogP contribution in [0.5, 0.6) is 0 Å². The van der Waals surface area contributed by atoms with Crippen molar-refractivity contribution in [1.82, 2.24) is 15.3 Å². The SMILES string of the molecule is CCCNC(=O)[C@H](C)Sc1nc(C)c(C)c(C)n1. The van der Waals surface area contributed by atoms with E-state index in [2.05, 4.69) is 15.3 Å². The Bertz CT molecular complexity index is 411. The Kier molecular flexibility index (Phi) is 5.59. The summed E-state index contributed by atoms with van der Waals surface area (Å²) in [6.45, 7) is 10.6. The number of nitrogens with zero attached hydrogens (tertiary/aromatic N) is 2. The second kappa shape index (κ2) is 6.73. The second-order valence-corrected chi connectivity index (χ2v) is 5.66. The van der Waals surface area contributed by atoms with E-state index in [0.29, 0.717) is 5.16 Å². The molecule has 0 saturated carbocycles. The van der Waals surface area contributed by atoms with E-state index in [4.69, 9.17) is 0 Å². The van der Waals surface area contributed by atoms with E-state index in [9.17, 15) is 4.79 Å². The summed E-state index contributed by atoms with van der Waals surface area (Å²) in [6.07, 6.45) is 0.947. The van der Waals surface area contributed by atoms with E-state index in [-0.39, 0.29) is 11.2 Å². The van der Waals surface area contributed by atoms with Crippen LogP contribution >= 0.6 is 11.8 Å². The Morgan fingerprint density at radius 1 is 1.28 bits per heavy atom. The smallest absolute Gasteiger partial charge is 0.233 e. The predicted octanol–water partition coefficient (Wildman–Crippen LogP) is 2.41. The molecule has 0 saturated heterocycles. The molecular weight excluding hydrogens is 246 g/mol. The molecule has 0 fully saturated rings. The quantitative estimate of drug-likeness (QED) is 0.657. The number of aromatic nitrogens is 2. The van der Waals surface area contributed by atoms with Crippen LogP contribution in [0.25, 0.3) is 0 Å². The number of nitrogens with one attached hydrogen (secondary N) is 1. The fourth-order valence-corrected chi connectivity index (χ4v) is 2.28. The second-order valence-electron chi connectivity index (χ2n) is 4.35. The molecule has 1 heterocycles. The third-order valence-electron chi connectivity index (χ3n) is 2.81. The number of hydrogen-bond donors (Lipinski definition) is 1. The van der Waals surface area contributed by atoms with E-state index >= 15 is 0 Å². The molecule has 18 heavy (non-hydrogen) atoms. The zero-order valence-electron chi connectivity index (χ0n) is 11.7. The van der Waals surface area contributed by atoms with E-state index in [1.807, 2.05) is 34.6 Å². The molecule has 0 spiro atoms. The summed E-state index contributed by atoms with van der Waals surface area (Å²) in [5.74, 6) is 0.0429. The van der Waals surface area contributed by atoms with Crippen LogP contribution in [0.4, 0.5) is 0 Å². The van der Waals surface area contributed by atoms with Crippen LogP contribution in [0.2, 0.25) is 0 Å². The van der Waals surface area contributed by atoms with Crippen LogP contribution in [0.3, 0.4) is 0 Å². The van der Waals surface area contributed by atoms with Gasteiger partial charge in [0.1, 0.15) is 0 Å². The highest BCUT2D eigenvalue weighted by Gasteiger charge is 2.16. The van der Waals surface area contributed by atoms with Crippen LogP contribution in [-0.4, -0.2) is 27.7 Å². The van der Waals surface area contributed by atoms with Gasteiger partial charge in [0, 0.05) is 17.9 Å². The molecule has 0 bridgehead atoms. The molecule has 0 aliphatic rings. The van der Waals surface area contributed by atoms with Crippen LogP contribution < -0.4 is 5.32 Å². The minimum atomic E-state index is -0.168. The highest BCUT2D eigenvalue weighted by molar-refractivity contribution is 8.00. The van der Waals surface area contributed by atoms with Gasteiger partial charge in [0.2, 0.25) is 5.91 Å². The first-order valence-corrected chi connectivity index (χ1v) is 7.09. The van der Waals surface area contributed by atoms with Crippen molar-refractivity contribution in [3.8, 4) is 0 Å². The van der Waals surface area contributed by atoms with Gasteiger partial charge in [0.15, 0.2) is 5.16 Å². The normalized spacial score (nSPS) is 12.3. The maximum absolute atomic E-state index is 11.8. The highest BCUT2D eigenvalue weighted by Crippen LogP contribution is 2.21. The summed E-state index contributed by atoms with van der Waals surface area (Å²) in [6, 6.07) is 0. The number of carbonyl (C=O) groups excluding carboxylic acids is 1. The monoisotopic (exact) mass is 267 g/mol. The molecule has 0 unspecified atom stereocenters. The molecule has 0 aliphatic heterocycles. The molecule has 1 aromatic rings. The lowest BCUT2D eigenvalue weighted by Gasteiger charge is -2.12. The summed E-state index contributed by atoms with van der Waals surface area (Å²) in [5.41, 5.74) is 3.07. The Balaban J connectivity index is 2.70. The molecule has 1 N–H and O–H groups in total. The number of carbonyl (C=O) groups is 1. The Hall–Kier alpha value is -1.10. The fourth-order valence-electron chi connectivity index (χ4n) is 1.40. The molecule has 1 atom stereocenters. The first kappa shape index (κ1) is 15.0. The molecule has 4 nitrogen and oxygen atoms in total. The molecule has 1 amide bonds. The summed E-state index contributed by atoms with van der Waals surface area (Å²) in [5, 5.41) is 3.38. The third kappa shape index (κ3) is 3.98. The molecule has 5 heteroatoms. The molecule has 1 aromatic heterocycles. The zero-order valence-corrected chi connectivity index (χ0v) is 12.5. The molecule has 100 valence electrons. The van der Waals surface area contributed by atoms with Gasteiger partial charge < -0.3 is 5.32 Å². The third-order valence-corrected chi connectivity index (χ3v) is 3.77. The van der Waals surface area contributed by atoms with Gasteiger partial charge in [-0.3, -0.25) is 4.79 Å². The lowest BCUT2D eigenvalue weighted by Crippen LogP contribution is -2.31. The van der Waals surface area contributed by atoms with Crippen molar-refractivity contribution in [3.63, 3.8) is 0 Å². The maximum atomic E-state index is 11.8. The van der Waals surface area contributed by atoms with Crippen molar-refractivity contribution < 1.29 is 4.79 Å². The minimum Gasteiger partial charge on any atom is -0.355 e. The molecule has 0 radical (unpaired) electrons. The van der Waals surface area contributed by atoms with Gasteiger partial charge in [-0.2, -0.15) is 0 Å². The lowest BCUT2D eigenvalue weighted by molar-refractivity contribution is -0.120. The highest BCUT2D eigenvalue weighted by atomic mass is 32.2. The number of amides is 1. The first-order valence-electron chi connectivity index (χ1n) is 6.22. The topological polar surface area (TPSA) is 54.9 Å². The van der Waals surface area contributed by atoms with Crippen LogP contribution in [0.1, 0.15) is 37.2 Å². The van der Waals surface area contributed by atoms with Crippen molar-refractivity contribution >= 4 is 17.7 Å². The number of rotatable bonds is 5. The maximum Gasteiger partial charge on any atom is 0.233 e. The van der Waals surface area contributed by atoms with Gasteiger partial charge in [-0.05, 0) is 39.7 Å². The average molecular weight is 267 g/mol. The Morgan fingerprint density at radius 2 is 1.83 bits per heavy atom. The summed E-state index contributed by atoms with van der Waals surface area (Å²) < 4.78 is 0. The number of hydrogen-bond acceptors (Lipinski definition) is 4. The minimum absolute atomic E-state index is 0.0429. The molecule has 0 aliphatic carbocycles. The molecular formula is C13H21N3OS. The van der Waals surface area contributed by atoms with E-state index in [1.54, 1.807) is 0 Å². The van der Waals surface area contributed by atoms with Gasteiger partial charge in [0.05, 0.1) is 5.25 Å². The average Bonchev–Trinajstić information content (AvgIpc) is 2.32. The van der Waals surface area contributed by atoms with Crippen LogP contribution in [0, 0.1) is 20.8 Å². The van der Waals surface area contributed by atoms with Crippen molar-refractivity contribution in [2.45, 2.75) is 51.4 Å². The van der Waals surface area contributed by atoms with Gasteiger partial charge in [-0.25, -0.2) is 9.97 Å². The van der Waals surface area contributed by atoms with Crippen LogP contribution in [-0.2, 0) is 4.79 Å². The van der Waals surface area contributed by atoms with Crippen molar-refractivity contribution in [1.29, 1.82) is 0 Å². The van der Waals surface area contributed by atoms with E-state index < -0.39 is 0 Å². The predicted molar refractivity (Wildman–Crippen MR) is 74.9 cm³/mol. The zero-order chi connectivity index (χ0) is 13.7. The Labute approximate surface area is 113 Å². The summed E-state index contributed by atoms with van der Waals surface area (Å²) in [7, 11) is 0. The molecule has 1 rings (SSSR count). The van der Waals surface area contributed by atoms with Crippen molar-refractivity contribution in [3.05, 3.63) is 17.0 Å². The standard InChI is InChI=1S/C13H21N3OS/c1-6-7-14-12(17)11(5)18-13-15-9(3)8(2)10(4)16-13/h11H,6-7H2,1-5H3,(H,14,17)/t11-/m0/s1. The largest absolute Gasteiger partial charge is 0.355 e. The Morgan fingerprint density at radius 3 is 2.33 bits per heavy atom. The van der Waals surface area contributed by atoms with Gasteiger partial charge in [0.25, 0.3) is 0 Å². The van der Waals surface area contributed by atoms with Gasteiger partial charge >= 0.3 is 0 Å². The molecule has 0 aromatic carbocycles. The fraction of sp³-hybridized carbons (Fsp3) is 0.615. The summed E-state index contributed by atoms with van der Waals surface area (Å²) in [4.78, 5) is 20.6. The van der Waals surface area contributed by atoms with E-state index in [0.717, 1.165) is 29.9 Å². The number of aryl methyl sites for hydroxylation is 2. The lowest BCUT2D eigenvalue weighted by atomic mass is 10.2. The van der Waals surface area contributed by atoms with Crippen molar-refractivity contribution in [2.24, 2.45) is 0 Å². The first-order chi connectivity index (χ1) is 8.45. The van der Waals surface area contributed by atoms with E-state index in [1.165, 1.54) is 11.8 Å². The van der Waals surface area contributed by atoms with Gasteiger partial charge in [-0.15, -0.1) is 0 Å². The number of thioether (sulfide) groups is 1. The van der Waals surface area contributed by atoms with Gasteiger partial charge in [-0.1, -0.05) is 18.7 Å².